The first-order valence-electron chi connectivity index (χ1n) is 8.00. The molecule has 0 aromatic carbocycles. The van der Waals surface area contributed by atoms with Gasteiger partial charge < -0.3 is 15.5 Å². The molecule has 138 valence electrons. The fourth-order valence-electron chi connectivity index (χ4n) is 2.31. The van der Waals surface area contributed by atoms with Gasteiger partial charge >= 0.3 is 0 Å². The van der Waals surface area contributed by atoms with Gasteiger partial charge in [-0.05, 0) is 39.7 Å². The van der Waals surface area contributed by atoms with E-state index in [0.717, 1.165) is 18.7 Å². The number of carbonyl (C=O) groups excluding carboxylic acids is 1. The molecule has 7 nitrogen and oxygen atoms in total. The lowest BCUT2D eigenvalue weighted by Crippen LogP contribution is -2.43. The quantitative estimate of drug-likeness (QED) is 0.389. The number of likely N-dealkylation sites (N-methyl/N-ethyl adjacent to an activating group) is 1. The molecule has 8 heteroatoms. The van der Waals surface area contributed by atoms with Crippen LogP contribution < -0.4 is 10.6 Å². The van der Waals surface area contributed by atoms with Crippen molar-refractivity contribution in [3.63, 3.8) is 0 Å². The molecule has 1 unspecified atom stereocenters. The monoisotopic (exact) mass is 450 g/mol. The Balaban J connectivity index is 0.00000529. The molecule has 0 aliphatic carbocycles. The van der Waals surface area contributed by atoms with Crippen molar-refractivity contribution in [2.24, 2.45) is 12.0 Å². The lowest BCUT2D eigenvalue weighted by atomic mass is 10.1. The van der Waals surface area contributed by atoms with Gasteiger partial charge in [0.25, 0.3) is 0 Å². The molecular weight excluding hydrogens is 419 g/mol. The fourth-order valence-corrected chi connectivity index (χ4v) is 2.31. The molecule has 1 heterocycles. The lowest BCUT2D eigenvalue weighted by molar-refractivity contribution is -0.127. The molecule has 0 spiro atoms. The maximum atomic E-state index is 11.7. The molecule has 0 fully saturated rings. The normalized spacial score (nSPS) is 12.4. The Hall–Kier alpha value is -1.32. The highest BCUT2D eigenvalue weighted by Crippen LogP contribution is 2.14. The average Bonchev–Trinajstić information content (AvgIpc) is 2.71. The fraction of sp³-hybridized carbons (Fsp3) is 0.688. The van der Waals surface area contributed by atoms with Gasteiger partial charge in [-0.3, -0.25) is 9.48 Å². The standard InChI is InChI=1S/C16H30N6O.HI/c1-8-17-16(18-10-15(23)21(5)6)19-11(2)9-14-12(3)20-22(7)13(14)4;/h11H,8-10H2,1-7H3,(H2,17,18,19);1H. The van der Waals surface area contributed by atoms with Crippen LogP contribution in [0.2, 0.25) is 0 Å². The second-order valence-corrected chi connectivity index (χ2v) is 6.01. The number of hydrogen-bond donors (Lipinski definition) is 2. The molecule has 0 aliphatic rings. The van der Waals surface area contributed by atoms with E-state index in [1.54, 1.807) is 19.0 Å². The molecule has 0 saturated heterocycles. The second-order valence-electron chi connectivity index (χ2n) is 6.01. The Morgan fingerprint density at radius 2 is 2.00 bits per heavy atom. The van der Waals surface area contributed by atoms with Crippen molar-refractivity contribution in [2.45, 2.75) is 40.2 Å². The molecule has 1 aromatic rings. The number of aryl methyl sites for hydroxylation is 2. The summed E-state index contributed by atoms with van der Waals surface area (Å²) in [6, 6.07) is 0.184. The van der Waals surface area contributed by atoms with Crippen molar-refractivity contribution in [3.8, 4) is 0 Å². The Morgan fingerprint density at radius 1 is 1.38 bits per heavy atom. The van der Waals surface area contributed by atoms with Crippen LogP contribution in [0.1, 0.15) is 30.8 Å². The molecule has 24 heavy (non-hydrogen) atoms. The summed E-state index contributed by atoms with van der Waals surface area (Å²) in [5.74, 6) is 0.642. The number of rotatable bonds is 6. The summed E-state index contributed by atoms with van der Waals surface area (Å²) in [6.45, 7) is 9.11. The summed E-state index contributed by atoms with van der Waals surface area (Å²) >= 11 is 0. The predicted molar refractivity (Wildman–Crippen MR) is 109 cm³/mol. The van der Waals surface area contributed by atoms with Crippen molar-refractivity contribution in [1.82, 2.24) is 25.3 Å². The molecular formula is C16H31IN6O. The maximum absolute atomic E-state index is 11.7. The van der Waals surface area contributed by atoms with E-state index in [2.05, 4.69) is 34.6 Å². The number of nitrogens with zero attached hydrogens (tertiary/aromatic N) is 4. The third kappa shape index (κ3) is 6.66. The minimum absolute atomic E-state index is 0. The van der Waals surface area contributed by atoms with Crippen molar-refractivity contribution in [2.75, 3.05) is 27.2 Å². The zero-order chi connectivity index (χ0) is 17.6. The molecule has 1 aromatic heterocycles. The highest BCUT2D eigenvalue weighted by atomic mass is 127. The highest BCUT2D eigenvalue weighted by molar-refractivity contribution is 14.0. The van der Waals surface area contributed by atoms with Crippen LogP contribution >= 0.6 is 24.0 Å². The number of aliphatic imine (C=N–C) groups is 1. The number of hydrogen-bond acceptors (Lipinski definition) is 3. The first-order chi connectivity index (χ1) is 10.8. The Morgan fingerprint density at radius 3 is 2.46 bits per heavy atom. The molecule has 1 rings (SSSR count). The van der Waals surface area contributed by atoms with Crippen LogP contribution in [0.3, 0.4) is 0 Å². The van der Waals surface area contributed by atoms with Gasteiger partial charge in [0, 0.05) is 39.4 Å². The van der Waals surface area contributed by atoms with E-state index in [-0.39, 0.29) is 42.5 Å². The van der Waals surface area contributed by atoms with Gasteiger partial charge in [0.05, 0.1) is 5.69 Å². The van der Waals surface area contributed by atoms with Crippen molar-refractivity contribution >= 4 is 35.8 Å². The summed E-state index contributed by atoms with van der Waals surface area (Å²) in [4.78, 5) is 17.6. The Kier molecular flexibility index (Phi) is 9.95. The van der Waals surface area contributed by atoms with E-state index in [1.807, 2.05) is 25.6 Å². The van der Waals surface area contributed by atoms with Crippen LogP contribution in [0.15, 0.2) is 4.99 Å². The summed E-state index contributed by atoms with van der Waals surface area (Å²) in [5.41, 5.74) is 3.50. The van der Waals surface area contributed by atoms with Crippen LogP contribution in [0.5, 0.6) is 0 Å². The first-order valence-corrected chi connectivity index (χ1v) is 8.00. The highest BCUT2D eigenvalue weighted by Gasteiger charge is 2.14. The number of aromatic nitrogens is 2. The van der Waals surface area contributed by atoms with Gasteiger partial charge in [-0.2, -0.15) is 5.10 Å². The number of nitrogens with one attached hydrogen (secondary N) is 2. The van der Waals surface area contributed by atoms with Gasteiger partial charge in [-0.25, -0.2) is 4.99 Å². The number of halogens is 1. The largest absolute Gasteiger partial charge is 0.357 e. The number of guanidine groups is 1. The van der Waals surface area contributed by atoms with E-state index >= 15 is 0 Å². The maximum Gasteiger partial charge on any atom is 0.243 e. The lowest BCUT2D eigenvalue weighted by Gasteiger charge is -2.18. The van der Waals surface area contributed by atoms with Crippen molar-refractivity contribution in [1.29, 1.82) is 0 Å². The Bertz CT molecular complexity index is 567. The summed E-state index contributed by atoms with van der Waals surface area (Å²) in [6.07, 6.45) is 0.859. The minimum Gasteiger partial charge on any atom is -0.357 e. The number of amides is 1. The number of carbonyl (C=O) groups is 1. The van der Waals surface area contributed by atoms with Crippen LogP contribution in [-0.2, 0) is 18.3 Å². The van der Waals surface area contributed by atoms with Crippen molar-refractivity contribution in [3.05, 3.63) is 17.0 Å². The van der Waals surface area contributed by atoms with E-state index in [0.29, 0.717) is 5.96 Å². The summed E-state index contributed by atoms with van der Waals surface area (Å²) in [5, 5.41) is 11.0. The second kappa shape index (κ2) is 10.5. The van der Waals surface area contributed by atoms with Gasteiger partial charge in [-0.1, -0.05) is 0 Å². The third-order valence-corrected chi connectivity index (χ3v) is 3.77. The Labute approximate surface area is 162 Å². The van der Waals surface area contributed by atoms with Crippen LogP contribution in [0, 0.1) is 13.8 Å². The molecule has 0 aliphatic heterocycles. The topological polar surface area (TPSA) is 74.6 Å². The van der Waals surface area contributed by atoms with E-state index < -0.39 is 0 Å². The summed E-state index contributed by atoms with van der Waals surface area (Å²) < 4.78 is 1.91. The molecule has 2 N–H and O–H groups in total. The van der Waals surface area contributed by atoms with E-state index in [9.17, 15) is 4.79 Å². The summed E-state index contributed by atoms with van der Waals surface area (Å²) in [7, 11) is 5.42. The first kappa shape index (κ1) is 22.7. The predicted octanol–water partition coefficient (Wildman–Crippen LogP) is 1.23. The van der Waals surface area contributed by atoms with Gasteiger partial charge in [0.15, 0.2) is 5.96 Å². The van der Waals surface area contributed by atoms with Gasteiger partial charge in [0.1, 0.15) is 6.54 Å². The SMILES string of the molecule is CCNC(=NCC(=O)N(C)C)NC(C)Cc1c(C)nn(C)c1C.I. The van der Waals surface area contributed by atoms with E-state index in [1.165, 1.54) is 11.3 Å². The van der Waals surface area contributed by atoms with Crippen molar-refractivity contribution < 1.29 is 4.79 Å². The molecule has 1 atom stereocenters. The zero-order valence-corrected chi connectivity index (χ0v) is 18.1. The van der Waals surface area contributed by atoms with Crippen LogP contribution in [-0.4, -0.2) is 59.8 Å². The molecule has 1 amide bonds. The molecule has 0 bridgehead atoms. The van der Waals surface area contributed by atoms with Crippen LogP contribution in [0.25, 0.3) is 0 Å². The van der Waals surface area contributed by atoms with E-state index in [4.69, 9.17) is 0 Å². The zero-order valence-electron chi connectivity index (χ0n) is 15.8. The smallest absolute Gasteiger partial charge is 0.243 e. The molecule has 0 saturated carbocycles. The molecule has 0 radical (unpaired) electrons. The van der Waals surface area contributed by atoms with Gasteiger partial charge in [0.2, 0.25) is 5.91 Å². The van der Waals surface area contributed by atoms with Gasteiger partial charge in [-0.15, -0.1) is 24.0 Å². The van der Waals surface area contributed by atoms with Crippen LogP contribution in [0.4, 0.5) is 0 Å². The average molecular weight is 450 g/mol. The minimum atomic E-state index is -0.0196. The third-order valence-electron chi connectivity index (χ3n) is 3.77.